The second-order valence-corrected chi connectivity index (χ2v) is 8.39. The first-order valence-electron chi connectivity index (χ1n) is 11.4. The lowest BCUT2D eigenvalue weighted by Gasteiger charge is -2.05. The smallest absolute Gasteiger partial charge is 0.161 e. The van der Waals surface area contributed by atoms with Crippen molar-refractivity contribution in [3.8, 4) is 39.7 Å². The number of phenolic OH excluding ortho intramolecular Hbond substituents is 1. The number of aromatic nitrogens is 7. The van der Waals surface area contributed by atoms with Crippen LogP contribution in [-0.2, 0) is 6.54 Å². The summed E-state index contributed by atoms with van der Waals surface area (Å²) in [6.45, 7) is 3.67. The number of phenols is 1. The third-order valence-corrected chi connectivity index (χ3v) is 5.89. The minimum atomic E-state index is -0.545. The molecule has 6 rings (SSSR count). The highest BCUT2D eigenvalue weighted by Crippen LogP contribution is 2.32. The van der Waals surface area contributed by atoms with E-state index in [2.05, 4.69) is 43.5 Å². The molecule has 0 saturated carbocycles. The van der Waals surface area contributed by atoms with Crippen molar-refractivity contribution >= 4 is 22.1 Å². The Hall–Kier alpha value is -4.70. The van der Waals surface area contributed by atoms with Crippen LogP contribution in [0.4, 0.5) is 4.39 Å². The van der Waals surface area contributed by atoms with Crippen molar-refractivity contribution in [1.29, 1.82) is 0 Å². The van der Waals surface area contributed by atoms with Crippen LogP contribution in [0.3, 0.4) is 0 Å². The Balaban J connectivity index is 1.44. The van der Waals surface area contributed by atoms with Gasteiger partial charge in [-0.2, -0.15) is 5.10 Å². The summed E-state index contributed by atoms with van der Waals surface area (Å²) in [5, 5.41) is 20.6. The van der Waals surface area contributed by atoms with Gasteiger partial charge in [0.1, 0.15) is 17.1 Å². The molecule has 4 N–H and O–H groups in total. The first-order valence-corrected chi connectivity index (χ1v) is 11.4. The number of hydrogen-bond donors (Lipinski definition) is 4. The second-order valence-electron chi connectivity index (χ2n) is 8.39. The molecule has 9 nitrogen and oxygen atoms in total. The van der Waals surface area contributed by atoms with Gasteiger partial charge in [-0.3, -0.25) is 15.1 Å². The quantitative estimate of drug-likeness (QED) is 0.275. The molecule has 0 atom stereocenters. The minimum absolute atomic E-state index is 0.170. The molecule has 36 heavy (non-hydrogen) atoms. The van der Waals surface area contributed by atoms with Gasteiger partial charge in [0.05, 0.1) is 28.4 Å². The number of aromatic hydroxyl groups is 1. The molecule has 0 aliphatic rings. The van der Waals surface area contributed by atoms with Gasteiger partial charge in [-0.15, -0.1) is 0 Å². The van der Waals surface area contributed by atoms with Crippen LogP contribution in [0.2, 0.25) is 0 Å². The van der Waals surface area contributed by atoms with Gasteiger partial charge in [0.2, 0.25) is 0 Å². The molecular formula is C26H21FN8O. The maximum absolute atomic E-state index is 13.9. The Morgan fingerprint density at radius 1 is 0.917 bits per heavy atom. The van der Waals surface area contributed by atoms with E-state index >= 15 is 0 Å². The number of benzene rings is 1. The van der Waals surface area contributed by atoms with Crippen LogP contribution in [0.5, 0.6) is 5.75 Å². The lowest BCUT2D eigenvalue weighted by atomic mass is 10.1. The number of imidazole rings is 1. The summed E-state index contributed by atoms with van der Waals surface area (Å²) in [5.41, 5.74) is 7.00. The predicted molar refractivity (Wildman–Crippen MR) is 134 cm³/mol. The van der Waals surface area contributed by atoms with E-state index in [9.17, 15) is 9.50 Å². The van der Waals surface area contributed by atoms with Crippen molar-refractivity contribution in [2.75, 3.05) is 6.54 Å². The van der Waals surface area contributed by atoms with Gasteiger partial charge in [0.15, 0.2) is 11.5 Å². The van der Waals surface area contributed by atoms with Crippen molar-refractivity contribution in [3.05, 3.63) is 72.6 Å². The van der Waals surface area contributed by atoms with E-state index in [4.69, 9.17) is 9.97 Å². The van der Waals surface area contributed by atoms with Crippen molar-refractivity contribution in [3.63, 3.8) is 0 Å². The lowest BCUT2D eigenvalue weighted by Crippen LogP contribution is -2.11. The van der Waals surface area contributed by atoms with E-state index in [1.807, 2.05) is 18.3 Å². The summed E-state index contributed by atoms with van der Waals surface area (Å²) >= 11 is 0. The third-order valence-electron chi connectivity index (χ3n) is 5.89. The maximum atomic E-state index is 13.9. The van der Waals surface area contributed by atoms with Crippen molar-refractivity contribution < 1.29 is 9.50 Å². The number of pyridine rings is 3. The maximum Gasteiger partial charge on any atom is 0.161 e. The van der Waals surface area contributed by atoms with Crippen LogP contribution in [0.25, 0.3) is 56.0 Å². The molecule has 0 spiro atoms. The van der Waals surface area contributed by atoms with Crippen LogP contribution >= 0.6 is 0 Å². The van der Waals surface area contributed by atoms with Gasteiger partial charge in [0, 0.05) is 42.3 Å². The zero-order valence-corrected chi connectivity index (χ0v) is 19.2. The molecule has 0 radical (unpaired) electrons. The molecule has 5 heterocycles. The molecule has 178 valence electrons. The number of aromatic amines is 2. The first-order chi connectivity index (χ1) is 17.6. The standard InChI is InChI=1S/C26H21FN8O/c1-2-28-9-14-5-16(11-29-10-14)20-3-4-21-24(31-20)25(35-34-21)26-32-22-13-30-12-19(23(22)33-26)15-6-17(27)8-18(36)7-15/h3-8,10-13,28,36H,2,9H2,1H3,(H,32,33)(H,34,35). The fourth-order valence-corrected chi connectivity index (χ4v) is 4.20. The van der Waals surface area contributed by atoms with Gasteiger partial charge in [-0.25, -0.2) is 14.4 Å². The molecule has 5 aromatic heterocycles. The summed E-state index contributed by atoms with van der Waals surface area (Å²) in [5.74, 6) is -0.219. The predicted octanol–water partition coefficient (Wildman–Crippen LogP) is 4.58. The Morgan fingerprint density at radius 3 is 2.67 bits per heavy atom. The minimum Gasteiger partial charge on any atom is -0.508 e. The molecule has 0 fully saturated rings. The summed E-state index contributed by atoms with van der Waals surface area (Å²) < 4.78 is 13.9. The number of rotatable bonds is 6. The number of nitrogens with zero attached hydrogens (tertiary/aromatic N) is 5. The number of nitrogens with one attached hydrogen (secondary N) is 3. The third kappa shape index (κ3) is 3.93. The van der Waals surface area contributed by atoms with E-state index in [1.54, 1.807) is 18.6 Å². The number of hydrogen-bond acceptors (Lipinski definition) is 7. The number of fused-ring (bicyclic) bond motifs is 2. The van der Waals surface area contributed by atoms with Gasteiger partial charge in [-0.05, 0) is 48.0 Å². The Bertz CT molecular complexity index is 1700. The van der Waals surface area contributed by atoms with Crippen LogP contribution in [0.1, 0.15) is 12.5 Å². The topological polar surface area (TPSA) is 128 Å². The largest absolute Gasteiger partial charge is 0.508 e. The van der Waals surface area contributed by atoms with Gasteiger partial charge >= 0.3 is 0 Å². The Labute approximate surface area is 204 Å². The highest BCUT2D eigenvalue weighted by Gasteiger charge is 2.18. The fraction of sp³-hybridized carbons (Fsp3) is 0.115. The van der Waals surface area contributed by atoms with Crippen molar-refractivity contribution in [2.45, 2.75) is 13.5 Å². The summed E-state index contributed by atoms with van der Waals surface area (Å²) in [4.78, 5) is 21.5. The fourth-order valence-electron chi connectivity index (χ4n) is 4.20. The molecular weight excluding hydrogens is 459 g/mol. The van der Waals surface area contributed by atoms with E-state index < -0.39 is 5.82 Å². The Kier molecular flexibility index (Phi) is 5.34. The van der Waals surface area contributed by atoms with Crippen LogP contribution < -0.4 is 5.32 Å². The van der Waals surface area contributed by atoms with Gasteiger partial charge in [-0.1, -0.05) is 6.92 Å². The second kappa shape index (κ2) is 8.82. The molecule has 0 aliphatic carbocycles. The molecule has 0 unspecified atom stereocenters. The zero-order chi connectivity index (χ0) is 24.6. The van der Waals surface area contributed by atoms with Crippen LogP contribution in [0.15, 0.2) is 61.2 Å². The van der Waals surface area contributed by atoms with E-state index in [-0.39, 0.29) is 5.75 Å². The molecule has 0 saturated heterocycles. The van der Waals surface area contributed by atoms with Crippen molar-refractivity contribution in [2.24, 2.45) is 0 Å². The molecule has 0 amide bonds. The highest BCUT2D eigenvalue weighted by atomic mass is 19.1. The number of H-pyrrole nitrogens is 2. The summed E-state index contributed by atoms with van der Waals surface area (Å²) in [6, 6.07) is 9.78. The lowest BCUT2D eigenvalue weighted by molar-refractivity contribution is 0.469. The van der Waals surface area contributed by atoms with Gasteiger partial charge in [0.25, 0.3) is 0 Å². The average Bonchev–Trinajstić information content (AvgIpc) is 3.50. The summed E-state index contributed by atoms with van der Waals surface area (Å²) in [6.07, 6.45) is 6.86. The average molecular weight is 481 g/mol. The van der Waals surface area contributed by atoms with E-state index in [0.717, 1.165) is 41.5 Å². The van der Waals surface area contributed by atoms with Gasteiger partial charge < -0.3 is 15.4 Å². The molecule has 0 bridgehead atoms. The monoisotopic (exact) mass is 480 g/mol. The molecule has 6 aromatic rings. The Morgan fingerprint density at radius 2 is 1.81 bits per heavy atom. The van der Waals surface area contributed by atoms with E-state index in [1.165, 1.54) is 12.1 Å². The SMILES string of the molecule is CCNCc1cncc(-c2ccc3[nH]nc(-c4nc5c(-c6cc(O)cc(F)c6)cncc5[nH]4)c3n2)c1. The normalized spacial score (nSPS) is 11.5. The zero-order valence-electron chi connectivity index (χ0n) is 19.2. The van der Waals surface area contributed by atoms with Crippen LogP contribution in [-0.4, -0.2) is 46.8 Å². The molecule has 0 aliphatic heterocycles. The van der Waals surface area contributed by atoms with Crippen molar-refractivity contribution in [1.82, 2.24) is 40.4 Å². The van der Waals surface area contributed by atoms with E-state index in [0.29, 0.717) is 39.2 Å². The first kappa shape index (κ1) is 21.8. The highest BCUT2D eigenvalue weighted by molar-refractivity contribution is 5.95. The number of halogens is 1. The van der Waals surface area contributed by atoms with Crippen LogP contribution in [0, 0.1) is 5.82 Å². The molecule has 10 heteroatoms. The molecule has 1 aromatic carbocycles. The summed E-state index contributed by atoms with van der Waals surface area (Å²) in [7, 11) is 0.